The smallest absolute Gasteiger partial charge is 0.337 e. The highest BCUT2D eigenvalue weighted by molar-refractivity contribution is 5.89. The summed E-state index contributed by atoms with van der Waals surface area (Å²) in [7, 11) is 0. The normalized spacial score (nSPS) is 15.6. The number of nitrogens with zero attached hydrogens (tertiary/aromatic N) is 2. The second kappa shape index (κ2) is 4.96. The van der Waals surface area contributed by atoms with Crippen molar-refractivity contribution in [3.8, 4) is 6.01 Å². The van der Waals surface area contributed by atoms with Gasteiger partial charge in [-0.25, -0.2) is 5.10 Å². The number of aromatic nitrogens is 3. The minimum absolute atomic E-state index is 0.0103. The maximum atomic E-state index is 11.5. The summed E-state index contributed by atoms with van der Waals surface area (Å²) < 4.78 is 5.08. The number of rotatable bonds is 5. The first-order valence-corrected chi connectivity index (χ1v) is 5.63. The zero-order valence-corrected chi connectivity index (χ0v) is 9.32. The number of hydrogen-bond donors (Lipinski definition) is 2. The van der Waals surface area contributed by atoms with E-state index in [1.807, 2.05) is 6.92 Å². The third-order valence-corrected chi connectivity index (χ3v) is 2.69. The Morgan fingerprint density at radius 2 is 2.44 bits per heavy atom. The molecule has 1 aromatic heterocycles. The highest BCUT2D eigenvalue weighted by Gasteiger charge is 2.21. The monoisotopic (exact) mass is 224 g/mol. The van der Waals surface area contributed by atoms with Crippen molar-refractivity contribution < 1.29 is 9.53 Å². The molecule has 1 heterocycles. The Kier molecular flexibility index (Phi) is 3.38. The molecular formula is C10H16N4O2. The van der Waals surface area contributed by atoms with Crippen LogP contribution in [0.2, 0.25) is 0 Å². The highest BCUT2D eigenvalue weighted by Crippen LogP contribution is 2.29. The number of anilines is 1. The van der Waals surface area contributed by atoms with E-state index in [2.05, 4.69) is 20.5 Å². The Hall–Kier alpha value is -1.59. The van der Waals surface area contributed by atoms with Crippen LogP contribution in [0.25, 0.3) is 0 Å². The van der Waals surface area contributed by atoms with E-state index in [-0.39, 0.29) is 11.9 Å². The van der Waals surface area contributed by atoms with E-state index in [4.69, 9.17) is 4.74 Å². The SMILES string of the molecule is CCOc1n[nH]c(NC(=O)CC2CCC2)n1. The van der Waals surface area contributed by atoms with Gasteiger partial charge in [0.05, 0.1) is 6.61 Å². The fourth-order valence-electron chi connectivity index (χ4n) is 1.64. The van der Waals surface area contributed by atoms with Crippen LogP contribution in [0, 0.1) is 5.92 Å². The Bertz CT molecular complexity index is 359. The van der Waals surface area contributed by atoms with E-state index in [1.54, 1.807) is 0 Å². The standard InChI is InChI=1S/C10H16N4O2/c1-2-16-10-12-9(13-14-10)11-8(15)6-7-4-3-5-7/h7H,2-6H2,1H3,(H2,11,12,13,14,15). The molecule has 1 aliphatic rings. The summed E-state index contributed by atoms with van der Waals surface area (Å²) in [6.07, 6.45) is 4.14. The molecule has 88 valence electrons. The Labute approximate surface area is 93.8 Å². The fraction of sp³-hybridized carbons (Fsp3) is 0.700. The number of carbonyl (C=O) groups excluding carboxylic acids is 1. The van der Waals surface area contributed by atoms with Gasteiger partial charge in [-0.3, -0.25) is 10.1 Å². The fourth-order valence-corrected chi connectivity index (χ4v) is 1.64. The molecular weight excluding hydrogens is 208 g/mol. The summed E-state index contributed by atoms with van der Waals surface area (Å²) in [6.45, 7) is 2.36. The van der Waals surface area contributed by atoms with Crippen LogP contribution in [0.15, 0.2) is 0 Å². The van der Waals surface area contributed by atoms with Crippen molar-refractivity contribution in [1.82, 2.24) is 15.2 Å². The van der Waals surface area contributed by atoms with Crippen LogP contribution >= 0.6 is 0 Å². The lowest BCUT2D eigenvalue weighted by atomic mass is 9.83. The number of ether oxygens (including phenoxy) is 1. The molecule has 1 aromatic rings. The van der Waals surface area contributed by atoms with Crippen molar-refractivity contribution in [2.75, 3.05) is 11.9 Å². The van der Waals surface area contributed by atoms with E-state index >= 15 is 0 Å². The maximum Gasteiger partial charge on any atom is 0.337 e. The summed E-state index contributed by atoms with van der Waals surface area (Å²) in [5.41, 5.74) is 0. The molecule has 2 rings (SSSR count). The quantitative estimate of drug-likeness (QED) is 0.790. The van der Waals surface area contributed by atoms with Crippen molar-refractivity contribution in [3.05, 3.63) is 0 Å². The minimum atomic E-state index is -0.0103. The largest absolute Gasteiger partial charge is 0.463 e. The van der Waals surface area contributed by atoms with Crippen LogP contribution in [0.4, 0.5) is 5.95 Å². The predicted molar refractivity (Wildman–Crippen MR) is 58.1 cm³/mol. The van der Waals surface area contributed by atoms with E-state index in [0.29, 0.717) is 24.9 Å². The van der Waals surface area contributed by atoms with Crippen LogP contribution in [0.1, 0.15) is 32.6 Å². The number of hydrogen-bond acceptors (Lipinski definition) is 4. The number of H-pyrrole nitrogens is 1. The number of amides is 1. The first-order chi connectivity index (χ1) is 7.78. The van der Waals surface area contributed by atoms with Gasteiger partial charge in [0.2, 0.25) is 11.9 Å². The molecule has 0 bridgehead atoms. The zero-order chi connectivity index (χ0) is 11.4. The molecule has 0 atom stereocenters. The van der Waals surface area contributed by atoms with E-state index in [0.717, 1.165) is 12.8 Å². The molecule has 0 saturated heterocycles. The summed E-state index contributed by atoms with van der Waals surface area (Å²) in [5.74, 6) is 0.894. The Morgan fingerprint density at radius 3 is 3.06 bits per heavy atom. The van der Waals surface area contributed by atoms with Crippen LogP contribution in [-0.4, -0.2) is 27.7 Å². The molecule has 0 spiro atoms. The van der Waals surface area contributed by atoms with Gasteiger partial charge in [-0.2, -0.15) is 4.98 Å². The van der Waals surface area contributed by atoms with Crippen LogP contribution in [0.3, 0.4) is 0 Å². The van der Waals surface area contributed by atoms with Crippen molar-refractivity contribution in [1.29, 1.82) is 0 Å². The molecule has 1 aliphatic carbocycles. The van der Waals surface area contributed by atoms with E-state index in [1.165, 1.54) is 6.42 Å². The second-order valence-corrected chi connectivity index (χ2v) is 3.95. The third-order valence-electron chi connectivity index (χ3n) is 2.69. The lowest BCUT2D eigenvalue weighted by Crippen LogP contribution is -2.21. The zero-order valence-electron chi connectivity index (χ0n) is 9.32. The molecule has 6 heteroatoms. The van der Waals surface area contributed by atoms with Crippen LogP contribution in [-0.2, 0) is 4.79 Å². The van der Waals surface area contributed by atoms with Gasteiger partial charge >= 0.3 is 6.01 Å². The average molecular weight is 224 g/mol. The maximum absolute atomic E-state index is 11.5. The molecule has 1 saturated carbocycles. The lowest BCUT2D eigenvalue weighted by molar-refractivity contribution is -0.117. The summed E-state index contributed by atoms with van der Waals surface area (Å²) >= 11 is 0. The molecule has 1 amide bonds. The summed E-state index contributed by atoms with van der Waals surface area (Å²) in [6, 6.07) is 0.265. The highest BCUT2D eigenvalue weighted by atomic mass is 16.5. The summed E-state index contributed by atoms with van der Waals surface area (Å²) in [4.78, 5) is 15.5. The molecule has 0 radical (unpaired) electrons. The van der Waals surface area contributed by atoms with Crippen molar-refractivity contribution >= 4 is 11.9 Å². The van der Waals surface area contributed by atoms with E-state index in [9.17, 15) is 4.79 Å². The van der Waals surface area contributed by atoms with Crippen molar-refractivity contribution in [2.45, 2.75) is 32.6 Å². The first-order valence-electron chi connectivity index (χ1n) is 5.63. The molecule has 0 aromatic carbocycles. The van der Waals surface area contributed by atoms with Gasteiger partial charge in [0, 0.05) is 6.42 Å². The average Bonchev–Trinajstić information content (AvgIpc) is 2.60. The van der Waals surface area contributed by atoms with Gasteiger partial charge in [0.15, 0.2) is 0 Å². The minimum Gasteiger partial charge on any atom is -0.463 e. The molecule has 0 aliphatic heterocycles. The van der Waals surface area contributed by atoms with E-state index < -0.39 is 0 Å². The molecule has 16 heavy (non-hydrogen) atoms. The number of nitrogens with one attached hydrogen (secondary N) is 2. The molecule has 0 unspecified atom stereocenters. The molecule has 1 fully saturated rings. The first kappa shape index (κ1) is 10.9. The summed E-state index contributed by atoms with van der Waals surface area (Å²) in [5, 5.41) is 9.08. The van der Waals surface area contributed by atoms with Crippen LogP contribution in [0.5, 0.6) is 6.01 Å². The number of carbonyl (C=O) groups is 1. The second-order valence-electron chi connectivity index (χ2n) is 3.95. The Morgan fingerprint density at radius 1 is 1.62 bits per heavy atom. The van der Waals surface area contributed by atoms with Gasteiger partial charge < -0.3 is 4.74 Å². The van der Waals surface area contributed by atoms with Crippen molar-refractivity contribution in [2.24, 2.45) is 5.92 Å². The topological polar surface area (TPSA) is 79.9 Å². The third kappa shape index (κ3) is 2.71. The predicted octanol–water partition coefficient (Wildman–Crippen LogP) is 1.33. The van der Waals surface area contributed by atoms with Crippen LogP contribution < -0.4 is 10.1 Å². The Balaban J connectivity index is 1.80. The van der Waals surface area contributed by atoms with Gasteiger partial charge in [0.25, 0.3) is 0 Å². The lowest BCUT2D eigenvalue weighted by Gasteiger charge is -2.24. The van der Waals surface area contributed by atoms with Gasteiger partial charge in [-0.15, -0.1) is 5.10 Å². The molecule has 6 nitrogen and oxygen atoms in total. The van der Waals surface area contributed by atoms with Gasteiger partial charge in [-0.1, -0.05) is 6.42 Å². The number of aromatic amines is 1. The van der Waals surface area contributed by atoms with Gasteiger partial charge in [-0.05, 0) is 25.7 Å². The van der Waals surface area contributed by atoms with Crippen molar-refractivity contribution in [3.63, 3.8) is 0 Å². The van der Waals surface area contributed by atoms with Gasteiger partial charge in [0.1, 0.15) is 0 Å². The molecule has 2 N–H and O–H groups in total.